The van der Waals surface area contributed by atoms with Gasteiger partial charge in [-0.2, -0.15) is 0 Å². The molecule has 4 heteroatoms. The van der Waals surface area contributed by atoms with Crippen LogP contribution in [-0.4, -0.2) is 32.7 Å². The Labute approximate surface area is 139 Å². The van der Waals surface area contributed by atoms with E-state index in [1.165, 1.54) is 24.9 Å². The number of ether oxygens (including phenoxy) is 1. The highest BCUT2D eigenvalue weighted by Gasteiger charge is 2.25. The molecule has 1 N–H and O–H groups in total. The van der Waals surface area contributed by atoms with E-state index in [-0.39, 0.29) is 11.8 Å². The number of nitrogens with zero attached hydrogens (tertiary/aromatic N) is 1. The van der Waals surface area contributed by atoms with Gasteiger partial charge in [0.15, 0.2) is 0 Å². The number of hydrogen-bond donors (Lipinski definition) is 1. The molecule has 1 saturated carbocycles. The van der Waals surface area contributed by atoms with E-state index in [1.807, 2.05) is 12.1 Å². The molecule has 1 saturated heterocycles. The Hall–Kier alpha value is -1.71. The molecule has 0 radical (unpaired) electrons. The minimum atomic E-state index is 0.267. The first-order valence-electron chi connectivity index (χ1n) is 8.93. The van der Waals surface area contributed by atoms with Crippen molar-refractivity contribution in [2.45, 2.75) is 38.5 Å². The summed E-state index contributed by atoms with van der Waals surface area (Å²) in [4.78, 5) is 14.6. The summed E-state index contributed by atoms with van der Waals surface area (Å²) >= 11 is 0. The maximum Gasteiger partial charge on any atom is 0.223 e. The van der Waals surface area contributed by atoms with Gasteiger partial charge in [-0.25, -0.2) is 0 Å². The lowest BCUT2D eigenvalue weighted by Crippen LogP contribution is -2.36. The summed E-state index contributed by atoms with van der Waals surface area (Å²) in [6.07, 6.45) is 7.03. The third kappa shape index (κ3) is 4.18. The predicted molar refractivity (Wildman–Crippen MR) is 92.9 cm³/mol. The Balaban J connectivity index is 1.44. The highest BCUT2D eigenvalue weighted by atomic mass is 16.5. The van der Waals surface area contributed by atoms with Gasteiger partial charge in [-0.3, -0.25) is 4.79 Å². The summed E-state index contributed by atoms with van der Waals surface area (Å²) in [5, 5.41) is 3.20. The van der Waals surface area contributed by atoms with Crippen LogP contribution in [0.1, 0.15) is 38.5 Å². The molecule has 0 aromatic heterocycles. The van der Waals surface area contributed by atoms with Crippen molar-refractivity contribution in [3.63, 3.8) is 0 Å². The fourth-order valence-corrected chi connectivity index (χ4v) is 3.78. The number of benzene rings is 1. The van der Waals surface area contributed by atoms with Crippen molar-refractivity contribution in [1.82, 2.24) is 5.32 Å². The third-order valence-corrected chi connectivity index (χ3v) is 5.26. The molecule has 126 valence electrons. The van der Waals surface area contributed by atoms with Crippen LogP contribution in [0.5, 0.6) is 5.75 Å². The average Bonchev–Trinajstić information content (AvgIpc) is 3.09. The molecule has 1 aliphatic carbocycles. The summed E-state index contributed by atoms with van der Waals surface area (Å²) in [5.74, 6) is 2.00. The van der Waals surface area contributed by atoms with Gasteiger partial charge >= 0.3 is 0 Å². The van der Waals surface area contributed by atoms with E-state index in [0.29, 0.717) is 5.92 Å². The number of carbonyl (C=O) groups excluding carboxylic acids is 1. The maximum absolute atomic E-state index is 12.2. The summed E-state index contributed by atoms with van der Waals surface area (Å²) < 4.78 is 5.21. The van der Waals surface area contributed by atoms with Crippen LogP contribution < -0.4 is 15.0 Å². The van der Waals surface area contributed by atoms with Gasteiger partial charge in [-0.15, -0.1) is 0 Å². The smallest absolute Gasteiger partial charge is 0.223 e. The molecule has 2 fully saturated rings. The van der Waals surface area contributed by atoms with E-state index in [2.05, 4.69) is 22.3 Å². The zero-order valence-corrected chi connectivity index (χ0v) is 14.1. The van der Waals surface area contributed by atoms with Crippen molar-refractivity contribution in [3.05, 3.63) is 24.3 Å². The number of rotatable bonds is 5. The Morgan fingerprint density at radius 1 is 1.17 bits per heavy atom. The van der Waals surface area contributed by atoms with Crippen LogP contribution in [0.25, 0.3) is 0 Å². The molecule has 1 aromatic rings. The Bertz CT molecular complexity index is 509. The van der Waals surface area contributed by atoms with Crippen molar-refractivity contribution in [1.29, 1.82) is 0 Å². The van der Waals surface area contributed by atoms with Gasteiger partial charge < -0.3 is 15.0 Å². The number of amides is 1. The molecule has 1 amide bonds. The number of methoxy groups -OCH3 is 1. The van der Waals surface area contributed by atoms with E-state index >= 15 is 0 Å². The highest BCUT2D eigenvalue weighted by Crippen LogP contribution is 2.26. The molecule has 2 aliphatic rings. The molecule has 3 rings (SSSR count). The standard InChI is InChI=1S/C19H28N2O2/c1-23-18-9-7-17(8-10-18)21-12-11-15(14-21)13-20-19(22)16-5-3-2-4-6-16/h7-10,15-16H,2-6,11-14H2,1H3,(H,20,22). The number of carbonyl (C=O) groups is 1. The quantitative estimate of drug-likeness (QED) is 0.907. The lowest BCUT2D eigenvalue weighted by atomic mass is 9.88. The van der Waals surface area contributed by atoms with Crippen molar-refractivity contribution in [2.75, 3.05) is 31.6 Å². The molecule has 1 aliphatic heterocycles. The summed E-state index contributed by atoms with van der Waals surface area (Å²) in [6.45, 7) is 2.91. The fraction of sp³-hybridized carbons (Fsp3) is 0.632. The first-order chi connectivity index (χ1) is 11.3. The normalized spacial score (nSPS) is 22.1. The second-order valence-electron chi connectivity index (χ2n) is 6.88. The van der Waals surface area contributed by atoms with Crippen LogP contribution in [0.15, 0.2) is 24.3 Å². The van der Waals surface area contributed by atoms with E-state index in [4.69, 9.17) is 4.74 Å². The van der Waals surface area contributed by atoms with E-state index in [1.54, 1.807) is 7.11 Å². The van der Waals surface area contributed by atoms with E-state index in [9.17, 15) is 4.79 Å². The predicted octanol–water partition coefficient (Wildman–Crippen LogP) is 3.22. The molecule has 0 bridgehead atoms. The second kappa shape index (κ2) is 7.71. The molecule has 1 unspecified atom stereocenters. The fourth-order valence-electron chi connectivity index (χ4n) is 3.78. The summed E-state index contributed by atoms with van der Waals surface area (Å²) in [7, 11) is 1.69. The van der Waals surface area contributed by atoms with Gasteiger partial charge in [-0.05, 0) is 49.4 Å². The van der Waals surface area contributed by atoms with Gasteiger partial charge in [0.2, 0.25) is 5.91 Å². The Morgan fingerprint density at radius 2 is 1.91 bits per heavy atom. The molecular formula is C19H28N2O2. The van der Waals surface area contributed by atoms with Gasteiger partial charge in [0.1, 0.15) is 5.75 Å². The molecule has 23 heavy (non-hydrogen) atoms. The molecular weight excluding hydrogens is 288 g/mol. The largest absolute Gasteiger partial charge is 0.497 e. The minimum Gasteiger partial charge on any atom is -0.497 e. The highest BCUT2D eigenvalue weighted by molar-refractivity contribution is 5.78. The summed E-state index contributed by atoms with van der Waals surface area (Å²) in [5.41, 5.74) is 1.24. The zero-order chi connectivity index (χ0) is 16.1. The topological polar surface area (TPSA) is 41.6 Å². The number of hydrogen-bond acceptors (Lipinski definition) is 3. The molecule has 0 spiro atoms. The Morgan fingerprint density at radius 3 is 2.61 bits per heavy atom. The zero-order valence-electron chi connectivity index (χ0n) is 14.1. The minimum absolute atomic E-state index is 0.267. The SMILES string of the molecule is COc1ccc(N2CCC(CNC(=O)C3CCCCC3)C2)cc1. The van der Waals surface area contributed by atoms with Gasteiger partial charge in [0.05, 0.1) is 7.11 Å². The Kier molecular flexibility index (Phi) is 5.42. The number of nitrogens with one attached hydrogen (secondary N) is 1. The van der Waals surface area contributed by atoms with Gasteiger partial charge in [-0.1, -0.05) is 19.3 Å². The van der Waals surface area contributed by atoms with Crippen LogP contribution in [0, 0.1) is 11.8 Å². The van der Waals surface area contributed by atoms with Crippen LogP contribution in [0.3, 0.4) is 0 Å². The van der Waals surface area contributed by atoms with E-state index in [0.717, 1.165) is 44.6 Å². The van der Waals surface area contributed by atoms with Crippen molar-refractivity contribution in [3.8, 4) is 5.75 Å². The molecule has 4 nitrogen and oxygen atoms in total. The third-order valence-electron chi connectivity index (χ3n) is 5.26. The first-order valence-corrected chi connectivity index (χ1v) is 8.93. The lowest BCUT2D eigenvalue weighted by molar-refractivity contribution is -0.126. The van der Waals surface area contributed by atoms with Crippen LogP contribution in [-0.2, 0) is 4.79 Å². The first kappa shape index (κ1) is 16.2. The van der Waals surface area contributed by atoms with Crippen LogP contribution in [0.2, 0.25) is 0 Å². The monoisotopic (exact) mass is 316 g/mol. The van der Waals surface area contributed by atoms with Gasteiger partial charge in [0.25, 0.3) is 0 Å². The molecule has 1 aromatic carbocycles. The van der Waals surface area contributed by atoms with Crippen molar-refractivity contribution in [2.24, 2.45) is 11.8 Å². The van der Waals surface area contributed by atoms with Crippen LogP contribution in [0.4, 0.5) is 5.69 Å². The maximum atomic E-state index is 12.2. The van der Waals surface area contributed by atoms with E-state index < -0.39 is 0 Å². The summed E-state index contributed by atoms with van der Waals surface area (Å²) in [6, 6.07) is 8.24. The van der Waals surface area contributed by atoms with Crippen LogP contribution >= 0.6 is 0 Å². The molecule has 1 heterocycles. The molecule has 1 atom stereocenters. The second-order valence-corrected chi connectivity index (χ2v) is 6.88. The average molecular weight is 316 g/mol. The lowest BCUT2D eigenvalue weighted by Gasteiger charge is -2.22. The van der Waals surface area contributed by atoms with Crippen molar-refractivity contribution >= 4 is 11.6 Å². The number of anilines is 1. The van der Waals surface area contributed by atoms with Gasteiger partial charge in [0, 0.05) is 31.2 Å². The van der Waals surface area contributed by atoms with Crippen molar-refractivity contribution < 1.29 is 9.53 Å².